The summed E-state index contributed by atoms with van der Waals surface area (Å²) < 4.78 is 0. The Labute approximate surface area is 125 Å². The van der Waals surface area contributed by atoms with E-state index in [1.54, 1.807) is 0 Å². The average Bonchev–Trinajstić information content (AvgIpc) is 3.10. The van der Waals surface area contributed by atoms with Crippen molar-refractivity contribution in [3.05, 3.63) is 0 Å². The largest absolute Gasteiger partial charge is 0.329 e. The van der Waals surface area contributed by atoms with Crippen LogP contribution in [0.15, 0.2) is 0 Å². The third-order valence-corrected chi connectivity index (χ3v) is 6.52. The van der Waals surface area contributed by atoms with E-state index < -0.39 is 0 Å². The van der Waals surface area contributed by atoms with Crippen LogP contribution in [0.5, 0.6) is 0 Å². The normalized spacial score (nSPS) is 33.1. The molecule has 0 spiro atoms. The fourth-order valence-corrected chi connectivity index (χ4v) is 5.39. The highest BCUT2D eigenvalue weighted by atomic mass is 15.3. The second kappa shape index (κ2) is 6.79. The Hall–Kier alpha value is -0.0800. The smallest absolute Gasteiger partial charge is 0.0334 e. The highest BCUT2D eigenvalue weighted by molar-refractivity contribution is 5.00. The summed E-state index contributed by atoms with van der Waals surface area (Å²) in [7, 11) is 0. The summed E-state index contributed by atoms with van der Waals surface area (Å²) in [6, 6.07) is 0.875. The number of nitrogens with zero attached hydrogens (tertiary/aromatic N) is 1. The minimum absolute atomic E-state index is 0.365. The predicted molar refractivity (Wildman–Crippen MR) is 85.8 cm³/mol. The van der Waals surface area contributed by atoms with Crippen LogP contribution in [0.2, 0.25) is 0 Å². The molecule has 116 valence electrons. The second-order valence-electron chi connectivity index (χ2n) is 7.64. The Morgan fingerprint density at radius 2 is 1.45 bits per heavy atom. The molecule has 3 aliphatic rings. The third kappa shape index (κ3) is 2.92. The predicted octanol–water partition coefficient (Wildman–Crippen LogP) is 4.08. The van der Waals surface area contributed by atoms with Gasteiger partial charge in [-0.3, -0.25) is 4.90 Å². The summed E-state index contributed by atoms with van der Waals surface area (Å²) in [5.41, 5.74) is 6.72. The molecular formula is C18H34N2. The highest BCUT2D eigenvalue weighted by Gasteiger charge is 2.44. The molecule has 0 bridgehead atoms. The summed E-state index contributed by atoms with van der Waals surface area (Å²) in [5.74, 6) is 0.992. The van der Waals surface area contributed by atoms with Crippen LogP contribution in [0, 0.1) is 5.92 Å². The van der Waals surface area contributed by atoms with E-state index in [-0.39, 0.29) is 0 Å². The first-order valence-corrected chi connectivity index (χ1v) is 9.33. The fraction of sp³-hybridized carbons (Fsp3) is 1.00. The van der Waals surface area contributed by atoms with Gasteiger partial charge in [0.05, 0.1) is 0 Å². The first-order chi connectivity index (χ1) is 9.86. The number of rotatable bonds is 3. The Bertz CT molecular complexity index is 288. The van der Waals surface area contributed by atoms with Gasteiger partial charge in [0.1, 0.15) is 0 Å². The van der Waals surface area contributed by atoms with Gasteiger partial charge in [-0.1, -0.05) is 44.9 Å². The van der Waals surface area contributed by atoms with Crippen molar-refractivity contribution in [3.63, 3.8) is 0 Å². The van der Waals surface area contributed by atoms with Crippen LogP contribution in [0.3, 0.4) is 0 Å². The molecule has 1 aliphatic heterocycles. The summed E-state index contributed by atoms with van der Waals surface area (Å²) >= 11 is 0. The van der Waals surface area contributed by atoms with Gasteiger partial charge in [-0.25, -0.2) is 0 Å². The van der Waals surface area contributed by atoms with Gasteiger partial charge < -0.3 is 5.73 Å². The molecule has 2 heteroatoms. The van der Waals surface area contributed by atoms with Gasteiger partial charge in [0.2, 0.25) is 0 Å². The van der Waals surface area contributed by atoms with Crippen molar-refractivity contribution in [1.82, 2.24) is 4.90 Å². The summed E-state index contributed by atoms with van der Waals surface area (Å²) in [6.45, 7) is 2.23. The van der Waals surface area contributed by atoms with Crippen LogP contribution in [0.1, 0.15) is 83.5 Å². The monoisotopic (exact) mass is 278 g/mol. The SMILES string of the molecule is NCC1(N2CCCC2C2CCCC2)CCCCCCC1. The van der Waals surface area contributed by atoms with Gasteiger partial charge in [-0.15, -0.1) is 0 Å². The minimum Gasteiger partial charge on any atom is -0.329 e. The Morgan fingerprint density at radius 1 is 0.800 bits per heavy atom. The number of nitrogens with two attached hydrogens (primary N) is 1. The Balaban J connectivity index is 1.74. The maximum atomic E-state index is 6.36. The zero-order valence-corrected chi connectivity index (χ0v) is 13.3. The van der Waals surface area contributed by atoms with Gasteiger partial charge >= 0.3 is 0 Å². The molecular weight excluding hydrogens is 244 g/mol. The maximum Gasteiger partial charge on any atom is 0.0334 e. The van der Waals surface area contributed by atoms with E-state index in [4.69, 9.17) is 5.73 Å². The number of hydrogen-bond acceptors (Lipinski definition) is 2. The molecule has 2 saturated carbocycles. The zero-order chi connectivity index (χ0) is 13.8. The highest BCUT2D eigenvalue weighted by Crippen LogP contribution is 2.42. The summed E-state index contributed by atoms with van der Waals surface area (Å²) in [6.07, 6.45) is 18.7. The lowest BCUT2D eigenvalue weighted by Crippen LogP contribution is -2.57. The van der Waals surface area contributed by atoms with Gasteiger partial charge in [0, 0.05) is 18.1 Å². The molecule has 1 unspecified atom stereocenters. The van der Waals surface area contributed by atoms with Crippen molar-refractivity contribution in [1.29, 1.82) is 0 Å². The summed E-state index contributed by atoms with van der Waals surface area (Å²) in [5, 5.41) is 0. The molecule has 1 atom stereocenters. The van der Waals surface area contributed by atoms with Crippen LogP contribution in [0.4, 0.5) is 0 Å². The fourth-order valence-electron chi connectivity index (χ4n) is 5.39. The molecule has 0 radical (unpaired) electrons. The molecule has 3 rings (SSSR count). The van der Waals surface area contributed by atoms with Gasteiger partial charge in [-0.2, -0.15) is 0 Å². The molecule has 0 amide bonds. The van der Waals surface area contributed by atoms with Crippen molar-refractivity contribution in [2.45, 2.75) is 95.1 Å². The number of likely N-dealkylation sites (tertiary alicyclic amines) is 1. The van der Waals surface area contributed by atoms with Crippen molar-refractivity contribution in [2.24, 2.45) is 11.7 Å². The quantitative estimate of drug-likeness (QED) is 0.842. The van der Waals surface area contributed by atoms with Crippen molar-refractivity contribution in [3.8, 4) is 0 Å². The molecule has 2 aliphatic carbocycles. The molecule has 20 heavy (non-hydrogen) atoms. The lowest BCUT2D eigenvalue weighted by atomic mass is 9.80. The van der Waals surface area contributed by atoms with E-state index in [1.807, 2.05) is 0 Å². The molecule has 3 fully saturated rings. The molecule has 0 aromatic rings. The molecule has 1 heterocycles. The van der Waals surface area contributed by atoms with E-state index in [1.165, 1.54) is 90.0 Å². The first kappa shape index (κ1) is 14.8. The van der Waals surface area contributed by atoms with Crippen molar-refractivity contribution < 1.29 is 0 Å². The van der Waals surface area contributed by atoms with Crippen molar-refractivity contribution >= 4 is 0 Å². The Kier molecular flexibility index (Phi) is 5.04. The lowest BCUT2D eigenvalue weighted by molar-refractivity contribution is 0.0328. The topological polar surface area (TPSA) is 29.3 Å². The second-order valence-corrected chi connectivity index (χ2v) is 7.64. The van der Waals surface area contributed by atoms with E-state index >= 15 is 0 Å². The standard InChI is InChI=1S/C18H34N2/c19-15-18(12-6-2-1-3-7-13-18)20-14-8-11-17(20)16-9-4-5-10-16/h16-17H,1-15,19H2. The molecule has 0 aromatic heterocycles. The summed E-state index contributed by atoms with van der Waals surface area (Å²) in [4.78, 5) is 2.92. The van der Waals surface area contributed by atoms with E-state index in [9.17, 15) is 0 Å². The van der Waals surface area contributed by atoms with E-state index in [0.29, 0.717) is 5.54 Å². The lowest BCUT2D eigenvalue weighted by Gasteiger charge is -2.47. The molecule has 2 nitrogen and oxygen atoms in total. The zero-order valence-electron chi connectivity index (χ0n) is 13.3. The molecule has 0 aromatic carbocycles. The van der Waals surface area contributed by atoms with E-state index in [0.717, 1.165) is 18.5 Å². The van der Waals surface area contributed by atoms with Crippen molar-refractivity contribution in [2.75, 3.05) is 13.1 Å². The van der Waals surface area contributed by atoms with Gasteiger partial charge in [0.15, 0.2) is 0 Å². The average molecular weight is 278 g/mol. The molecule has 1 saturated heterocycles. The number of hydrogen-bond donors (Lipinski definition) is 1. The van der Waals surface area contributed by atoms with Crippen LogP contribution >= 0.6 is 0 Å². The maximum absolute atomic E-state index is 6.36. The first-order valence-electron chi connectivity index (χ1n) is 9.33. The van der Waals surface area contributed by atoms with Crippen LogP contribution in [-0.4, -0.2) is 29.6 Å². The Morgan fingerprint density at radius 3 is 2.10 bits per heavy atom. The van der Waals surface area contributed by atoms with Crippen LogP contribution in [0.25, 0.3) is 0 Å². The van der Waals surface area contributed by atoms with Crippen LogP contribution in [-0.2, 0) is 0 Å². The van der Waals surface area contributed by atoms with Crippen LogP contribution < -0.4 is 5.73 Å². The third-order valence-electron chi connectivity index (χ3n) is 6.52. The minimum atomic E-state index is 0.365. The van der Waals surface area contributed by atoms with Gasteiger partial charge in [-0.05, 0) is 51.0 Å². The molecule has 2 N–H and O–H groups in total. The van der Waals surface area contributed by atoms with Gasteiger partial charge in [0.25, 0.3) is 0 Å². The van der Waals surface area contributed by atoms with E-state index in [2.05, 4.69) is 4.90 Å².